The first-order chi connectivity index (χ1) is 15.5. The molecule has 0 amide bonds. The van der Waals surface area contributed by atoms with Crippen molar-refractivity contribution >= 4 is 8.25 Å². The molecule has 0 saturated heterocycles. The minimum atomic E-state index is -3.44. The third-order valence-electron chi connectivity index (χ3n) is 5.12. The molecule has 0 unspecified atom stereocenters. The molecule has 0 aliphatic carbocycles. The first kappa shape index (κ1) is 22.2. The fourth-order valence-corrected chi connectivity index (χ4v) is 4.48. The van der Waals surface area contributed by atoms with Gasteiger partial charge in [-0.25, -0.2) is 0 Å². The van der Waals surface area contributed by atoms with Crippen molar-refractivity contribution in [3.63, 3.8) is 0 Å². The highest BCUT2D eigenvalue weighted by atomic mass is 31.1. The van der Waals surface area contributed by atoms with Gasteiger partial charge in [0.15, 0.2) is 0 Å². The number of rotatable bonds is 8. The molecule has 0 heterocycles. The van der Waals surface area contributed by atoms with Crippen LogP contribution in [-0.2, 0) is 25.2 Å². The van der Waals surface area contributed by atoms with E-state index in [0.29, 0.717) is 22.3 Å². The maximum absolute atomic E-state index is 13.2. The Morgan fingerprint density at radius 1 is 0.469 bits per heavy atom. The average Bonchev–Trinajstić information content (AvgIpc) is 2.86. The third kappa shape index (κ3) is 4.58. The molecule has 4 aromatic carbocycles. The van der Waals surface area contributed by atoms with Gasteiger partial charge in [-0.3, -0.25) is 13.6 Å². The fourth-order valence-electron chi connectivity index (χ4n) is 3.49. The summed E-state index contributed by atoms with van der Waals surface area (Å²) in [6, 6.07) is 34.5. The van der Waals surface area contributed by atoms with Gasteiger partial charge in [0.2, 0.25) is 11.6 Å². The van der Waals surface area contributed by atoms with Crippen LogP contribution in [0.15, 0.2) is 121 Å². The molecule has 4 rings (SSSR count). The van der Waals surface area contributed by atoms with E-state index in [1.165, 1.54) is 0 Å². The van der Waals surface area contributed by atoms with Crippen molar-refractivity contribution < 1.29 is 23.8 Å². The van der Waals surface area contributed by atoms with Gasteiger partial charge in [0.05, 0.1) is 0 Å². The number of aliphatic hydroxyl groups is 2. The number of hydrogen-bond donors (Lipinski definition) is 2. The molecule has 5 nitrogen and oxygen atoms in total. The van der Waals surface area contributed by atoms with Crippen LogP contribution in [0.1, 0.15) is 22.3 Å². The highest BCUT2D eigenvalue weighted by Crippen LogP contribution is 2.46. The standard InChI is InChI=1S/C26H23O5P/c27-25(21-13-5-1-6-14-21,22-15-7-2-8-16-22)30-32(29)31-26(28,23-17-9-3-10-18-23)24-19-11-4-12-20-24/h1-20,27-28,32H. The fraction of sp³-hybridized carbons (Fsp3) is 0.0769. The summed E-state index contributed by atoms with van der Waals surface area (Å²) in [4.78, 5) is 0. The van der Waals surface area contributed by atoms with Crippen molar-refractivity contribution in [2.75, 3.05) is 0 Å². The van der Waals surface area contributed by atoms with Crippen molar-refractivity contribution in [3.8, 4) is 0 Å². The van der Waals surface area contributed by atoms with Gasteiger partial charge in [-0.15, -0.1) is 0 Å². The average molecular weight is 446 g/mol. The summed E-state index contributed by atoms with van der Waals surface area (Å²) >= 11 is 0. The lowest BCUT2D eigenvalue weighted by Crippen LogP contribution is -2.32. The predicted molar refractivity (Wildman–Crippen MR) is 123 cm³/mol. The molecule has 0 bridgehead atoms. The summed E-state index contributed by atoms with van der Waals surface area (Å²) in [6.45, 7) is 0. The minimum Gasteiger partial charge on any atom is -0.358 e. The van der Waals surface area contributed by atoms with Crippen molar-refractivity contribution in [2.24, 2.45) is 0 Å². The molecule has 162 valence electrons. The molecule has 0 aliphatic rings. The zero-order valence-corrected chi connectivity index (χ0v) is 18.2. The zero-order chi connectivity index (χ0) is 22.4. The summed E-state index contributed by atoms with van der Waals surface area (Å²) in [5, 5.41) is 23.0. The summed E-state index contributed by atoms with van der Waals surface area (Å²) in [5.74, 6) is -4.07. The van der Waals surface area contributed by atoms with Crippen LogP contribution in [0.2, 0.25) is 0 Å². The first-order valence-corrected chi connectivity index (χ1v) is 11.3. The summed E-state index contributed by atoms with van der Waals surface area (Å²) < 4.78 is 24.5. The molecular formula is C26H23O5P. The van der Waals surface area contributed by atoms with Crippen LogP contribution >= 0.6 is 8.25 Å². The summed E-state index contributed by atoms with van der Waals surface area (Å²) in [6.07, 6.45) is 0. The van der Waals surface area contributed by atoms with Crippen LogP contribution in [0.4, 0.5) is 0 Å². The number of hydrogen-bond acceptors (Lipinski definition) is 5. The normalized spacial score (nSPS) is 12.1. The summed E-state index contributed by atoms with van der Waals surface area (Å²) in [7, 11) is -3.44. The maximum atomic E-state index is 13.2. The van der Waals surface area contributed by atoms with E-state index in [1.54, 1.807) is 121 Å². The Hall–Kier alpha value is -3.05. The molecule has 0 radical (unpaired) electrons. The Balaban J connectivity index is 1.70. The highest BCUT2D eigenvalue weighted by Gasteiger charge is 2.40. The third-order valence-corrected chi connectivity index (χ3v) is 6.05. The van der Waals surface area contributed by atoms with Gasteiger partial charge in [0.1, 0.15) is 0 Å². The largest absolute Gasteiger partial charge is 0.358 e. The zero-order valence-electron chi connectivity index (χ0n) is 17.2. The molecule has 6 heteroatoms. The maximum Gasteiger partial charge on any atom is 0.325 e. The van der Waals surface area contributed by atoms with Crippen LogP contribution in [0.5, 0.6) is 0 Å². The predicted octanol–water partition coefficient (Wildman–Crippen LogP) is 5.20. The van der Waals surface area contributed by atoms with E-state index in [9.17, 15) is 14.8 Å². The lowest BCUT2D eigenvalue weighted by atomic mass is 9.98. The summed E-state index contributed by atoms with van der Waals surface area (Å²) in [5.41, 5.74) is 1.54. The molecular weight excluding hydrogens is 423 g/mol. The van der Waals surface area contributed by atoms with E-state index < -0.39 is 19.8 Å². The molecule has 0 atom stereocenters. The van der Waals surface area contributed by atoms with Gasteiger partial charge >= 0.3 is 8.25 Å². The SMILES string of the molecule is O=[PH](OC(O)(c1ccccc1)c1ccccc1)OC(O)(c1ccccc1)c1ccccc1. The smallest absolute Gasteiger partial charge is 0.325 e. The van der Waals surface area contributed by atoms with Gasteiger partial charge in [-0.05, 0) is 0 Å². The minimum absolute atomic E-state index is 0.385. The van der Waals surface area contributed by atoms with E-state index in [2.05, 4.69) is 0 Å². The molecule has 0 aliphatic heterocycles. The van der Waals surface area contributed by atoms with E-state index >= 15 is 0 Å². The molecule has 0 spiro atoms. The second-order valence-corrected chi connectivity index (χ2v) is 8.11. The van der Waals surface area contributed by atoms with Gasteiger partial charge < -0.3 is 10.2 Å². The first-order valence-electron chi connectivity index (χ1n) is 10.1. The lowest BCUT2D eigenvalue weighted by Gasteiger charge is -2.32. The molecule has 2 N–H and O–H groups in total. The molecule has 0 saturated carbocycles. The Morgan fingerprint density at radius 3 is 0.906 bits per heavy atom. The Kier molecular flexibility index (Phi) is 6.66. The van der Waals surface area contributed by atoms with Gasteiger partial charge in [0, 0.05) is 22.3 Å². The van der Waals surface area contributed by atoms with Crippen molar-refractivity contribution in [1.82, 2.24) is 0 Å². The van der Waals surface area contributed by atoms with Gasteiger partial charge in [-0.1, -0.05) is 121 Å². The second-order valence-electron chi connectivity index (χ2n) is 7.21. The molecule has 32 heavy (non-hydrogen) atoms. The van der Waals surface area contributed by atoms with Gasteiger partial charge in [-0.2, -0.15) is 0 Å². The Bertz CT molecular complexity index is 980. The van der Waals surface area contributed by atoms with Crippen LogP contribution in [0.25, 0.3) is 0 Å². The van der Waals surface area contributed by atoms with Crippen molar-refractivity contribution in [3.05, 3.63) is 144 Å². The lowest BCUT2D eigenvalue weighted by molar-refractivity contribution is -0.147. The van der Waals surface area contributed by atoms with E-state index in [-0.39, 0.29) is 0 Å². The van der Waals surface area contributed by atoms with E-state index in [4.69, 9.17) is 9.05 Å². The van der Waals surface area contributed by atoms with E-state index in [0.717, 1.165) is 0 Å². The second kappa shape index (κ2) is 9.61. The van der Waals surface area contributed by atoms with E-state index in [1.807, 2.05) is 0 Å². The van der Waals surface area contributed by atoms with Gasteiger partial charge in [0.25, 0.3) is 0 Å². The topological polar surface area (TPSA) is 76.0 Å². The van der Waals surface area contributed by atoms with Crippen LogP contribution < -0.4 is 0 Å². The quantitative estimate of drug-likeness (QED) is 0.288. The van der Waals surface area contributed by atoms with Crippen molar-refractivity contribution in [1.29, 1.82) is 0 Å². The Morgan fingerprint density at radius 2 is 0.688 bits per heavy atom. The van der Waals surface area contributed by atoms with Crippen LogP contribution in [0.3, 0.4) is 0 Å². The molecule has 0 fully saturated rings. The molecule has 0 aromatic heterocycles. The number of benzene rings is 4. The highest BCUT2D eigenvalue weighted by molar-refractivity contribution is 7.33. The monoisotopic (exact) mass is 446 g/mol. The molecule has 4 aromatic rings. The van der Waals surface area contributed by atoms with Crippen LogP contribution in [0, 0.1) is 0 Å². The van der Waals surface area contributed by atoms with Crippen LogP contribution in [-0.4, -0.2) is 10.2 Å². The Labute approximate surface area is 187 Å². The van der Waals surface area contributed by atoms with Crippen molar-refractivity contribution in [2.45, 2.75) is 11.6 Å².